The van der Waals surface area contributed by atoms with Crippen LogP contribution < -0.4 is 11.1 Å². The van der Waals surface area contributed by atoms with Crippen molar-refractivity contribution in [2.75, 3.05) is 11.1 Å². The predicted octanol–water partition coefficient (Wildman–Crippen LogP) is 4.77. The first-order chi connectivity index (χ1) is 8.45. The molecule has 3 N–H and O–H groups in total. The molecule has 0 saturated heterocycles. The number of hydrogen-bond acceptors (Lipinski definition) is 2. The van der Waals surface area contributed by atoms with E-state index in [0.29, 0.717) is 27.1 Å². The van der Waals surface area contributed by atoms with E-state index in [1.807, 2.05) is 0 Å². The van der Waals surface area contributed by atoms with Crippen LogP contribution >= 0.6 is 23.2 Å². The SMILES string of the molecule is Cc1cc(F)cc(Nc2c(Cl)cc(N)cc2Cl)c1. The van der Waals surface area contributed by atoms with Crippen LogP contribution in [0.1, 0.15) is 5.56 Å². The van der Waals surface area contributed by atoms with Crippen LogP contribution in [-0.2, 0) is 0 Å². The highest BCUT2D eigenvalue weighted by molar-refractivity contribution is 6.39. The van der Waals surface area contributed by atoms with Crippen molar-refractivity contribution in [1.82, 2.24) is 0 Å². The molecule has 0 aliphatic rings. The molecule has 0 aliphatic heterocycles. The second-order valence-corrected chi connectivity index (χ2v) is 4.82. The summed E-state index contributed by atoms with van der Waals surface area (Å²) in [5.74, 6) is -0.319. The van der Waals surface area contributed by atoms with E-state index in [9.17, 15) is 4.39 Å². The summed E-state index contributed by atoms with van der Waals surface area (Å²) in [5.41, 5.74) is 7.99. The summed E-state index contributed by atoms with van der Waals surface area (Å²) in [6.07, 6.45) is 0. The molecule has 0 radical (unpaired) electrons. The third-order valence-electron chi connectivity index (χ3n) is 2.38. The van der Waals surface area contributed by atoms with Gasteiger partial charge >= 0.3 is 0 Å². The first kappa shape index (κ1) is 13.0. The van der Waals surface area contributed by atoms with E-state index in [-0.39, 0.29) is 5.82 Å². The Morgan fingerprint density at radius 2 is 1.67 bits per heavy atom. The zero-order chi connectivity index (χ0) is 13.3. The second-order valence-electron chi connectivity index (χ2n) is 4.00. The minimum atomic E-state index is -0.319. The first-order valence-electron chi connectivity index (χ1n) is 5.24. The molecule has 5 heteroatoms. The van der Waals surface area contributed by atoms with Gasteiger partial charge in [-0.3, -0.25) is 0 Å². The van der Waals surface area contributed by atoms with Crippen LogP contribution in [0.3, 0.4) is 0 Å². The predicted molar refractivity (Wildman–Crippen MR) is 75.3 cm³/mol. The summed E-state index contributed by atoms with van der Waals surface area (Å²) in [5, 5.41) is 3.77. The Labute approximate surface area is 115 Å². The second kappa shape index (κ2) is 5.04. The van der Waals surface area contributed by atoms with Crippen LogP contribution in [-0.4, -0.2) is 0 Å². The van der Waals surface area contributed by atoms with Gasteiger partial charge in [-0.15, -0.1) is 0 Å². The first-order valence-corrected chi connectivity index (χ1v) is 6.00. The summed E-state index contributed by atoms with van der Waals surface area (Å²) in [7, 11) is 0. The fourth-order valence-corrected chi connectivity index (χ4v) is 2.26. The van der Waals surface area contributed by atoms with Crippen LogP contribution in [0.15, 0.2) is 30.3 Å². The molecule has 0 amide bonds. The van der Waals surface area contributed by atoms with Crippen LogP contribution in [0.4, 0.5) is 21.5 Å². The highest BCUT2D eigenvalue weighted by atomic mass is 35.5. The van der Waals surface area contributed by atoms with Gasteiger partial charge in [0.15, 0.2) is 0 Å². The summed E-state index contributed by atoms with van der Waals surface area (Å²) < 4.78 is 13.3. The zero-order valence-electron chi connectivity index (χ0n) is 9.60. The van der Waals surface area contributed by atoms with E-state index < -0.39 is 0 Å². The van der Waals surface area contributed by atoms with Gasteiger partial charge < -0.3 is 11.1 Å². The Kier molecular flexibility index (Phi) is 3.64. The van der Waals surface area contributed by atoms with Crippen LogP contribution in [0.5, 0.6) is 0 Å². The van der Waals surface area contributed by atoms with Gasteiger partial charge in [-0.1, -0.05) is 23.2 Å². The molecule has 0 atom stereocenters. The van der Waals surface area contributed by atoms with Gasteiger partial charge in [0.1, 0.15) is 5.82 Å². The van der Waals surface area contributed by atoms with Crippen molar-refractivity contribution in [1.29, 1.82) is 0 Å². The molecular weight excluding hydrogens is 274 g/mol. The summed E-state index contributed by atoms with van der Waals surface area (Å²) in [4.78, 5) is 0. The lowest BCUT2D eigenvalue weighted by atomic mass is 10.2. The van der Waals surface area contributed by atoms with Gasteiger partial charge in [-0.05, 0) is 42.8 Å². The summed E-state index contributed by atoms with van der Waals surface area (Å²) >= 11 is 12.1. The van der Waals surface area contributed by atoms with Crippen molar-refractivity contribution in [2.45, 2.75) is 6.92 Å². The molecule has 2 rings (SSSR count). The molecule has 0 bridgehead atoms. The standard InChI is InChI=1S/C13H11Cl2FN2/c1-7-2-8(16)4-10(3-7)18-13-11(14)5-9(17)6-12(13)15/h2-6,18H,17H2,1H3. The monoisotopic (exact) mass is 284 g/mol. The number of anilines is 3. The lowest BCUT2D eigenvalue weighted by Gasteiger charge is -2.12. The lowest BCUT2D eigenvalue weighted by molar-refractivity contribution is 0.627. The van der Waals surface area contributed by atoms with E-state index in [1.54, 1.807) is 25.1 Å². The quantitative estimate of drug-likeness (QED) is 0.780. The maximum atomic E-state index is 13.3. The largest absolute Gasteiger partial charge is 0.399 e. The number of nitrogens with two attached hydrogens (primary N) is 1. The number of rotatable bonds is 2. The number of nitrogens with one attached hydrogen (secondary N) is 1. The van der Waals surface area contributed by atoms with Crippen molar-refractivity contribution >= 4 is 40.3 Å². The van der Waals surface area contributed by atoms with Crippen LogP contribution in [0, 0.1) is 12.7 Å². The number of halogens is 3. The normalized spacial score (nSPS) is 10.4. The van der Waals surface area contributed by atoms with Gasteiger partial charge in [0.05, 0.1) is 15.7 Å². The van der Waals surface area contributed by atoms with E-state index in [0.717, 1.165) is 5.56 Å². The van der Waals surface area contributed by atoms with Crippen molar-refractivity contribution in [3.8, 4) is 0 Å². The maximum Gasteiger partial charge on any atom is 0.125 e. The molecule has 0 fully saturated rings. The smallest absolute Gasteiger partial charge is 0.125 e. The highest BCUT2D eigenvalue weighted by Crippen LogP contribution is 2.35. The fourth-order valence-electron chi connectivity index (χ4n) is 1.66. The van der Waals surface area contributed by atoms with Gasteiger partial charge in [-0.2, -0.15) is 0 Å². The Morgan fingerprint density at radius 3 is 2.22 bits per heavy atom. The molecule has 0 aromatic heterocycles. The summed E-state index contributed by atoms with van der Waals surface area (Å²) in [6.45, 7) is 1.81. The van der Waals surface area contributed by atoms with E-state index in [4.69, 9.17) is 28.9 Å². The maximum absolute atomic E-state index is 13.3. The van der Waals surface area contributed by atoms with Crippen molar-refractivity contribution in [3.05, 3.63) is 51.8 Å². The Morgan fingerprint density at radius 1 is 1.06 bits per heavy atom. The molecule has 0 aliphatic carbocycles. The van der Waals surface area contributed by atoms with Gasteiger partial charge in [-0.25, -0.2) is 4.39 Å². The van der Waals surface area contributed by atoms with Gasteiger partial charge in [0.2, 0.25) is 0 Å². The van der Waals surface area contributed by atoms with E-state index in [2.05, 4.69) is 5.32 Å². The lowest BCUT2D eigenvalue weighted by Crippen LogP contribution is -1.95. The average molecular weight is 285 g/mol. The number of aryl methyl sites for hydroxylation is 1. The van der Waals surface area contributed by atoms with Crippen molar-refractivity contribution < 1.29 is 4.39 Å². The molecule has 0 spiro atoms. The third kappa shape index (κ3) is 2.86. The molecule has 0 heterocycles. The number of nitrogen functional groups attached to an aromatic ring is 1. The minimum Gasteiger partial charge on any atom is -0.399 e. The van der Waals surface area contributed by atoms with Gasteiger partial charge in [0.25, 0.3) is 0 Å². The Hall–Kier alpha value is -1.45. The molecule has 2 aromatic rings. The topological polar surface area (TPSA) is 38.0 Å². The minimum absolute atomic E-state index is 0.319. The molecule has 2 aromatic carbocycles. The van der Waals surface area contributed by atoms with Crippen molar-refractivity contribution in [3.63, 3.8) is 0 Å². The molecule has 18 heavy (non-hydrogen) atoms. The Balaban J connectivity index is 2.40. The highest BCUT2D eigenvalue weighted by Gasteiger charge is 2.08. The molecule has 0 unspecified atom stereocenters. The zero-order valence-corrected chi connectivity index (χ0v) is 11.1. The van der Waals surface area contributed by atoms with Gasteiger partial charge in [0, 0.05) is 11.4 Å². The van der Waals surface area contributed by atoms with Crippen molar-refractivity contribution in [2.24, 2.45) is 0 Å². The van der Waals surface area contributed by atoms with Crippen LogP contribution in [0.2, 0.25) is 10.0 Å². The Bertz CT molecular complexity index is 556. The molecule has 2 nitrogen and oxygen atoms in total. The average Bonchev–Trinajstić information content (AvgIpc) is 2.22. The molecule has 94 valence electrons. The number of benzene rings is 2. The summed E-state index contributed by atoms with van der Waals surface area (Å²) in [6, 6.07) is 7.78. The van der Waals surface area contributed by atoms with E-state index in [1.165, 1.54) is 12.1 Å². The number of hydrogen-bond donors (Lipinski definition) is 2. The van der Waals surface area contributed by atoms with Crippen LogP contribution in [0.25, 0.3) is 0 Å². The molecule has 0 saturated carbocycles. The fraction of sp³-hybridized carbons (Fsp3) is 0.0769. The van der Waals surface area contributed by atoms with E-state index >= 15 is 0 Å². The third-order valence-corrected chi connectivity index (χ3v) is 2.97. The molecular formula is C13H11Cl2FN2.